The van der Waals surface area contributed by atoms with Crippen molar-refractivity contribution in [3.8, 4) is 5.75 Å². The molecule has 1 aromatic carbocycles. The van der Waals surface area contributed by atoms with E-state index in [1.165, 1.54) is 0 Å². The van der Waals surface area contributed by atoms with Gasteiger partial charge in [0, 0.05) is 18.6 Å². The third-order valence-electron chi connectivity index (χ3n) is 3.43. The molecule has 0 aliphatic heterocycles. The van der Waals surface area contributed by atoms with Gasteiger partial charge in [0.1, 0.15) is 5.75 Å². The number of carboxylic acids is 1. The Hall–Kier alpha value is -1.55. The Morgan fingerprint density at radius 2 is 1.71 bits per heavy atom. The minimum absolute atomic E-state index is 0.0536. The van der Waals surface area contributed by atoms with Crippen molar-refractivity contribution in [2.45, 2.75) is 52.6 Å². The maximum atomic E-state index is 10.6. The van der Waals surface area contributed by atoms with Gasteiger partial charge in [0.2, 0.25) is 0 Å². The molecule has 1 aromatic rings. The number of rotatable bonds is 9. The number of aliphatic carboxylic acids is 1. The number of hydrogen-bond acceptors (Lipinski definition) is 3. The van der Waals surface area contributed by atoms with E-state index in [1.807, 2.05) is 12.1 Å². The molecule has 0 heterocycles. The van der Waals surface area contributed by atoms with Crippen molar-refractivity contribution >= 4 is 5.97 Å². The largest absolute Gasteiger partial charge is 0.494 e. The van der Waals surface area contributed by atoms with Crippen LogP contribution in [0.5, 0.6) is 5.75 Å². The van der Waals surface area contributed by atoms with Crippen LogP contribution in [0, 0.1) is 0 Å². The highest BCUT2D eigenvalue weighted by Gasteiger charge is 2.12. The second-order valence-electron chi connectivity index (χ2n) is 5.84. The highest BCUT2D eigenvalue weighted by atomic mass is 16.5. The van der Waals surface area contributed by atoms with Crippen LogP contribution < -0.4 is 4.74 Å². The highest BCUT2D eigenvalue weighted by molar-refractivity contribution is 5.70. The van der Waals surface area contributed by atoms with Crippen molar-refractivity contribution in [3.63, 3.8) is 0 Å². The standard InChI is InChI=1S/C17H27NO3/c1-13(2)18(14(3)4)10-5-11-21-16-8-6-15(7-9-16)12-17(19)20/h6-9,13-14H,5,10-12H2,1-4H3,(H,19,20). The van der Waals surface area contributed by atoms with Crippen molar-refractivity contribution in [1.82, 2.24) is 4.90 Å². The van der Waals surface area contributed by atoms with Gasteiger partial charge in [-0.3, -0.25) is 9.69 Å². The number of carboxylic acid groups (broad SMARTS) is 1. The van der Waals surface area contributed by atoms with Crippen LogP contribution in [0.4, 0.5) is 0 Å². The number of benzene rings is 1. The van der Waals surface area contributed by atoms with Crippen molar-refractivity contribution in [2.24, 2.45) is 0 Å². The topological polar surface area (TPSA) is 49.8 Å². The highest BCUT2D eigenvalue weighted by Crippen LogP contribution is 2.13. The van der Waals surface area contributed by atoms with Crippen LogP contribution in [-0.4, -0.2) is 41.2 Å². The van der Waals surface area contributed by atoms with Gasteiger partial charge in [-0.15, -0.1) is 0 Å². The Kier molecular flexibility index (Phi) is 7.23. The average Bonchev–Trinajstić information content (AvgIpc) is 2.38. The van der Waals surface area contributed by atoms with E-state index in [1.54, 1.807) is 12.1 Å². The maximum absolute atomic E-state index is 10.6. The van der Waals surface area contributed by atoms with E-state index in [2.05, 4.69) is 32.6 Å². The molecule has 0 aliphatic rings. The van der Waals surface area contributed by atoms with E-state index in [-0.39, 0.29) is 6.42 Å². The first-order valence-electron chi connectivity index (χ1n) is 7.59. The van der Waals surface area contributed by atoms with Crippen LogP contribution in [0.15, 0.2) is 24.3 Å². The summed E-state index contributed by atoms with van der Waals surface area (Å²) in [5, 5.41) is 8.72. The van der Waals surface area contributed by atoms with E-state index in [9.17, 15) is 4.79 Å². The number of nitrogens with zero attached hydrogens (tertiary/aromatic N) is 1. The quantitative estimate of drug-likeness (QED) is 0.710. The molecule has 0 aromatic heterocycles. The molecular formula is C17H27NO3. The second-order valence-corrected chi connectivity index (χ2v) is 5.84. The molecule has 0 amide bonds. The summed E-state index contributed by atoms with van der Waals surface area (Å²) in [4.78, 5) is 13.0. The molecule has 0 fully saturated rings. The normalized spacial score (nSPS) is 11.4. The van der Waals surface area contributed by atoms with Crippen LogP contribution in [0.3, 0.4) is 0 Å². The predicted octanol–water partition coefficient (Wildman–Crippen LogP) is 3.20. The summed E-state index contributed by atoms with van der Waals surface area (Å²) in [6, 6.07) is 8.36. The van der Waals surface area contributed by atoms with Crippen molar-refractivity contribution in [2.75, 3.05) is 13.2 Å². The monoisotopic (exact) mass is 293 g/mol. The SMILES string of the molecule is CC(C)N(CCCOc1ccc(CC(=O)O)cc1)C(C)C. The zero-order valence-electron chi connectivity index (χ0n) is 13.5. The fourth-order valence-corrected chi connectivity index (χ4v) is 2.43. The van der Waals surface area contributed by atoms with Gasteiger partial charge < -0.3 is 9.84 Å². The molecule has 1 rings (SSSR count). The third kappa shape index (κ3) is 6.63. The molecule has 1 N–H and O–H groups in total. The zero-order chi connectivity index (χ0) is 15.8. The van der Waals surface area contributed by atoms with Crippen LogP contribution >= 0.6 is 0 Å². The van der Waals surface area contributed by atoms with E-state index in [0.29, 0.717) is 18.7 Å². The van der Waals surface area contributed by atoms with Gasteiger partial charge in [-0.25, -0.2) is 0 Å². The van der Waals surface area contributed by atoms with Gasteiger partial charge in [0.15, 0.2) is 0 Å². The van der Waals surface area contributed by atoms with E-state index < -0.39 is 5.97 Å². The zero-order valence-corrected chi connectivity index (χ0v) is 13.5. The molecule has 0 saturated heterocycles. The van der Waals surface area contributed by atoms with Gasteiger partial charge in [0.25, 0.3) is 0 Å². The van der Waals surface area contributed by atoms with Gasteiger partial charge in [-0.2, -0.15) is 0 Å². The van der Waals surface area contributed by atoms with Gasteiger partial charge in [0.05, 0.1) is 13.0 Å². The molecule has 0 saturated carbocycles. The lowest BCUT2D eigenvalue weighted by molar-refractivity contribution is -0.136. The summed E-state index contributed by atoms with van der Waals surface area (Å²) in [7, 11) is 0. The fourth-order valence-electron chi connectivity index (χ4n) is 2.43. The first-order valence-corrected chi connectivity index (χ1v) is 7.59. The van der Waals surface area contributed by atoms with Crippen molar-refractivity contribution < 1.29 is 14.6 Å². The van der Waals surface area contributed by atoms with Crippen molar-refractivity contribution in [3.05, 3.63) is 29.8 Å². The Balaban J connectivity index is 2.34. The molecule has 0 spiro atoms. The Morgan fingerprint density at radius 1 is 1.14 bits per heavy atom. The average molecular weight is 293 g/mol. The Morgan fingerprint density at radius 3 is 2.19 bits per heavy atom. The van der Waals surface area contributed by atoms with Crippen LogP contribution in [0.25, 0.3) is 0 Å². The van der Waals surface area contributed by atoms with Gasteiger partial charge in [-0.05, 0) is 51.8 Å². The molecule has 21 heavy (non-hydrogen) atoms. The molecule has 0 unspecified atom stereocenters. The molecule has 0 radical (unpaired) electrons. The minimum atomic E-state index is -0.814. The lowest BCUT2D eigenvalue weighted by Crippen LogP contribution is -2.38. The first kappa shape index (κ1) is 17.5. The number of hydrogen-bond donors (Lipinski definition) is 1. The summed E-state index contributed by atoms with van der Waals surface area (Å²) >= 11 is 0. The van der Waals surface area contributed by atoms with E-state index >= 15 is 0 Å². The molecule has 0 bridgehead atoms. The smallest absolute Gasteiger partial charge is 0.307 e. The Labute approximate surface area is 127 Å². The summed E-state index contributed by atoms with van der Waals surface area (Å²) < 4.78 is 5.70. The lowest BCUT2D eigenvalue weighted by Gasteiger charge is -2.30. The minimum Gasteiger partial charge on any atom is -0.494 e. The molecule has 0 aliphatic carbocycles. The van der Waals surface area contributed by atoms with Gasteiger partial charge >= 0.3 is 5.97 Å². The van der Waals surface area contributed by atoms with Crippen LogP contribution in [-0.2, 0) is 11.2 Å². The first-order chi connectivity index (χ1) is 9.90. The third-order valence-corrected chi connectivity index (χ3v) is 3.43. The summed E-state index contributed by atoms with van der Waals surface area (Å²) in [5.74, 6) is -0.0177. The van der Waals surface area contributed by atoms with Crippen LogP contribution in [0.1, 0.15) is 39.7 Å². The summed E-state index contributed by atoms with van der Waals surface area (Å²) in [5.41, 5.74) is 0.792. The van der Waals surface area contributed by atoms with E-state index in [4.69, 9.17) is 9.84 Å². The molecule has 4 heteroatoms. The maximum Gasteiger partial charge on any atom is 0.307 e. The summed E-state index contributed by atoms with van der Waals surface area (Å²) in [6.45, 7) is 10.5. The summed E-state index contributed by atoms with van der Waals surface area (Å²) in [6.07, 6.45) is 1.03. The van der Waals surface area contributed by atoms with E-state index in [0.717, 1.165) is 24.3 Å². The van der Waals surface area contributed by atoms with Crippen LogP contribution in [0.2, 0.25) is 0 Å². The van der Waals surface area contributed by atoms with Gasteiger partial charge in [-0.1, -0.05) is 12.1 Å². The fraction of sp³-hybridized carbons (Fsp3) is 0.588. The number of carbonyl (C=O) groups is 1. The molecular weight excluding hydrogens is 266 g/mol. The lowest BCUT2D eigenvalue weighted by atomic mass is 10.1. The Bertz CT molecular complexity index is 418. The number of ether oxygens (including phenoxy) is 1. The molecule has 118 valence electrons. The molecule has 0 atom stereocenters. The second kappa shape index (κ2) is 8.67. The van der Waals surface area contributed by atoms with Crippen molar-refractivity contribution in [1.29, 1.82) is 0 Å². The molecule has 4 nitrogen and oxygen atoms in total. The predicted molar refractivity (Wildman–Crippen MR) is 84.9 cm³/mol.